The summed E-state index contributed by atoms with van der Waals surface area (Å²) in [5.41, 5.74) is 1.83. The molecule has 31 heavy (non-hydrogen) atoms. The van der Waals surface area contributed by atoms with Crippen LogP contribution in [0.25, 0.3) is 17.1 Å². The molecule has 0 radical (unpaired) electrons. The van der Waals surface area contributed by atoms with Crippen LogP contribution in [0.2, 0.25) is 0 Å². The quantitative estimate of drug-likeness (QED) is 0.306. The summed E-state index contributed by atoms with van der Waals surface area (Å²) in [6.07, 6.45) is 5.48. The van der Waals surface area contributed by atoms with Gasteiger partial charge in [0.1, 0.15) is 11.9 Å². The van der Waals surface area contributed by atoms with Crippen molar-refractivity contribution in [2.75, 3.05) is 12.9 Å². The summed E-state index contributed by atoms with van der Waals surface area (Å²) < 4.78 is 13.9. The number of methoxy groups -OCH3 is 1. The zero-order valence-electron chi connectivity index (χ0n) is 17.3. The molecule has 8 heteroatoms. The lowest BCUT2D eigenvalue weighted by Gasteiger charge is -2.21. The van der Waals surface area contributed by atoms with Gasteiger partial charge in [-0.3, -0.25) is 9.36 Å². The number of halogens is 1. The highest BCUT2D eigenvalue weighted by Gasteiger charge is 2.20. The molecule has 1 aliphatic rings. The molecule has 0 atom stereocenters. The SMILES string of the molecule is COc1ccc(-n2c(SCC(=O)OC3CCCCC3)nnc2-c2ccc(Br)cc2)cc1. The third kappa shape index (κ3) is 5.49. The first-order valence-corrected chi connectivity index (χ1v) is 12.1. The minimum atomic E-state index is -0.202. The predicted octanol–water partition coefficient (Wildman–Crippen LogP) is 5.67. The van der Waals surface area contributed by atoms with E-state index >= 15 is 0 Å². The molecule has 0 unspecified atom stereocenters. The molecule has 6 nitrogen and oxygen atoms in total. The maximum absolute atomic E-state index is 12.4. The van der Waals surface area contributed by atoms with E-state index in [0.717, 1.165) is 47.2 Å². The average Bonchev–Trinajstić information content (AvgIpc) is 3.23. The van der Waals surface area contributed by atoms with Crippen LogP contribution in [-0.4, -0.2) is 39.7 Å². The van der Waals surface area contributed by atoms with E-state index in [4.69, 9.17) is 9.47 Å². The predicted molar refractivity (Wildman–Crippen MR) is 125 cm³/mol. The van der Waals surface area contributed by atoms with Crippen LogP contribution < -0.4 is 4.74 Å². The van der Waals surface area contributed by atoms with E-state index in [1.165, 1.54) is 18.2 Å². The molecule has 0 aliphatic heterocycles. The maximum atomic E-state index is 12.4. The molecule has 1 aliphatic carbocycles. The van der Waals surface area contributed by atoms with Crippen LogP contribution in [-0.2, 0) is 9.53 Å². The Labute approximate surface area is 194 Å². The number of benzene rings is 2. The number of carbonyl (C=O) groups excluding carboxylic acids is 1. The number of aromatic nitrogens is 3. The van der Waals surface area contributed by atoms with Gasteiger partial charge in [0.05, 0.1) is 12.9 Å². The molecule has 0 saturated heterocycles. The summed E-state index contributed by atoms with van der Waals surface area (Å²) >= 11 is 4.81. The number of hydrogen-bond acceptors (Lipinski definition) is 6. The van der Waals surface area contributed by atoms with E-state index in [0.29, 0.717) is 11.0 Å². The zero-order valence-corrected chi connectivity index (χ0v) is 19.7. The van der Waals surface area contributed by atoms with Crippen molar-refractivity contribution in [3.8, 4) is 22.8 Å². The van der Waals surface area contributed by atoms with Crippen molar-refractivity contribution in [1.29, 1.82) is 0 Å². The Morgan fingerprint density at radius 1 is 1.06 bits per heavy atom. The van der Waals surface area contributed by atoms with Crippen molar-refractivity contribution >= 4 is 33.7 Å². The fourth-order valence-corrected chi connectivity index (χ4v) is 4.64. The number of rotatable bonds is 7. The lowest BCUT2D eigenvalue weighted by Crippen LogP contribution is -2.22. The van der Waals surface area contributed by atoms with E-state index in [1.807, 2.05) is 53.1 Å². The number of ether oxygens (including phenoxy) is 2. The second-order valence-corrected chi connectivity index (χ2v) is 9.24. The Balaban J connectivity index is 1.57. The molecular formula is C23H24BrN3O3S. The molecule has 0 amide bonds. The summed E-state index contributed by atoms with van der Waals surface area (Å²) in [4.78, 5) is 12.4. The van der Waals surface area contributed by atoms with Gasteiger partial charge in [0.25, 0.3) is 0 Å². The topological polar surface area (TPSA) is 66.2 Å². The molecular weight excluding hydrogens is 478 g/mol. The van der Waals surface area contributed by atoms with Crippen LogP contribution in [0.5, 0.6) is 5.75 Å². The summed E-state index contributed by atoms with van der Waals surface area (Å²) in [5.74, 6) is 1.48. The first kappa shape index (κ1) is 21.9. The number of nitrogens with zero attached hydrogens (tertiary/aromatic N) is 3. The van der Waals surface area contributed by atoms with Gasteiger partial charge >= 0.3 is 5.97 Å². The van der Waals surface area contributed by atoms with Crippen molar-refractivity contribution in [2.24, 2.45) is 0 Å². The van der Waals surface area contributed by atoms with E-state index in [-0.39, 0.29) is 17.8 Å². The molecule has 1 saturated carbocycles. The van der Waals surface area contributed by atoms with Crippen molar-refractivity contribution in [2.45, 2.75) is 43.4 Å². The number of hydrogen-bond donors (Lipinski definition) is 0. The van der Waals surface area contributed by atoms with Gasteiger partial charge in [-0.1, -0.05) is 46.2 Å². The van der Waals surface area contributed by atoms with E-state index in [1.54, 1.807) is 7.11 Å². The van der Waals surface area contributed by atoms with Gasteiger partial charge in [0.2, 0.25) is 0 Å². The summed E-state index contributed by atoms with van der Waals surface area (Å²) in [7, 11) is 1.64. The highest BCUT2D eigenvalue weighted by Crippen LogP contribution is 2.30. The molecule has 4 rings (SSSR count). The zero-order chi connectivity index (χ0) is 21.6. The van der Waals surface area contributed by atoms with Crippen LogP contribution in [0.15, 0.2) is 58.2 Å². The van der Waals surface area contributed by atoms with Gasteiger partial charge in [-0.05, 0) is 62.1 Å². The van der Waals surface area contributed by atoms with Crippen LogP contribution >= 0.6 is 27.7 Å². The molecule has 162 valence electrons. The normalized spacial score (nSPS) is 14.4. The van der Waals surface area contributed by atoms with Crippen molar-refractivity contribution in [3.63, 3.8) is 0 Å². The maximum Gasteiger partial charge on any atom is 0.316 e. The van der Waals surface area contributed by atoms with Crippen LogP contribution in [0.3, 0.4) is 0 Å². The minimum absolute atomic E-state index is 0.0552. The Hall–Kier alpha value is -2.32. The third-order valence-electron chi connectivity index (χ3n) is 5.24. The van der Waals surface area contributed by atoms with Crippen LogP contribution in [0.1, 0.15) is 32.1 Å². The second kappa shape index (κ2) is 10.3. The summed E-state index contributed by atoms with van der Waals surface area (Å²) in [6.45, 7) is 0. The monoisotopic (exact) mass is 501 g/mol. The van der Waals surface area contributed by atoms with E-state index < -0.39 is 0 Å². The summed E-state index contributed by atoms with van der Waals surface area (Å²) in [5, 5.41) is 9.44. The highest BCUT2D eigenvalue weighted by molar-refractivity contribution is 9.10. The molecule has 0 N–H and O–H groups in total. The van der Waals surface area contributed by atoms with Gasteiger partial charge in [0, 0.05) is 15.7 Å². The van der Waals surface area contributed by atoms with Gasteiger partial charge in [-0.2, -0.15) is 0 Å². The minimum Gasteiger partial charge on any atom is -0.497 e. The Morgan fingerprint density at radius 3 is 2.45 bits per heavy atom. The first-order valence-electron chi connectivity index (χ1n) is 10.3. The third-order valence-corrected chi connectivity index (χ3v) is 6.67. The standard InChI is InChI=1S/C23H24BrN3O3S/c1-29-19-13-11-18(12-14-19)27-22(16-7-9-17(24)10-8-16)25-26-23(27)31-15-21(28)30-20-5-3-2-4-6-20/h7-14,20H,2-6,15H2,1H3. The molecule has 1 fully saturated rings. The molecule has 2 aromatic carbocycles. The van der Waals surface area contributed by atoms with Crippen molar-refractivity contribution < 1.29 is 14.3 Å². The lowest BCUT2D eigenvalue weighted by atomic mass is 9.98. The highest BCUT2D eigenvalue weighted by atomic mass is 79.9. The Bertz CT molecular complexity index is 1020. The van der Waals surface area contributed by atoms with E-state index in [9.17, 15) is 4.79 Å². The Morgan fingerprint density at radius 2 is 1.77 bits per heavy atom. The van der Waals surface area contributed by atoms with Gasteiger partial charge < -0.3 is 9.47 Å². The van der Waals surface area contributed by atoms with Gasteiger partial charge in [-0.25, -0.2) is 0 Å². The largest absolute Gasteiger partial charge is 0.497 e. The number of thioether (sulfide) groups is 1. The number of esters is 1. The van der Waals surface area contributed by atoms with Crippen molar-refractivity contribution in [3.05, 3.63) is 53.0 Å². The first-order chi connectivity index (χ1) is 15.1. The number of carbonyl (C=O) groups is 1. The molecule has 0 bridgehead atoms. The van der Waals surface area contributed by atoms with Gasteiger partial charge in [-0.15, -0.1) is 10.2 Å². The molecule has 1 heterocycles. The van der Waals surface area contributed by atoms with Crippen LogP contribution in [0.4, 0.5) is 0 Å². The fraction of sp³-hybridized carbons (Fsp3) is 0.348. The van der Waals surface area contributed by atoms with Gasteiger partial charge in [0.15, 0.2) is 11.0 Å². The Kier molecular flexibility index (Phi) is 7.29. The molecule has 0 spiro atoms. The molecule has 3 aromatic rings. The smallest absolute Gasteiger partial charge is 0.316 e. The summed E-state index contributed by atoms with van der Waals surface area (Å²) in [6, 6.07) is 15.6. The molecule has 1 aromatic heterocycles. The van der Waals surface area contributed by atoms with E-state index in [2.05, 4.69) is 26.1 Å². The lowest BCUT2D eigenvalue weighted by molar-refractivity contribution is -0.147. The average molecular weight is 502 g/mol. The van der Waals surface area contributed by atoms with Crippen LogP contribution in [0, 0.1) is 0 Å². The fourth-order valence-electron chi connectivity index (χ4n) is 3.64. The van der Waals surface area contributed by atoms with Crippen molar-refractivity contribution in [1.82, 2.24) is 14.8 Å². The second-order valence-electron chi connectivity index (χ2n) is 7.39.